The van der Waals surface area contributed by atoms with Gasteiger partial charge < -0.3 is 14.8 Å². The lowest BCUT2D eigenvalue weighted by molar-refractivity contribution is 0.171. The number of hydrogen-bond acceptors (Lipinski definition) is 3. The molecular weight excluding hydrogens is 298 g/mol. The summed E-state index contributed by atoms with van der Waals surface area (Å²) in [7, 11) is 0. The summed E-state index contributed by atoms with van der Waals surface area (Å²) in [6, 6.07) is 12.4. The van der Waals surface area contributed by atoms with Crippen molar-refractivity contribution in [1.29, 1.82) is 0 Å². The molecule has 0 aromatic heterocycles. The molecule has 4 heteroatoms. The van der Waals surface area contributed by atoms with E-state index < -0.39 is 0 Å². The molecule has 1 N–H and O–H groups in total. The molecular formula is C18H20ClNO2. The minimum Gasteiger partial charge on any atom is -0.486 e. The van der Waals surface area contributed by atoms with Crippen LogP contribution in [-0.4, -0.2) is 19.8 Å². The van der Waals surface area contributed by atoms with Crippen molar-refractivity contribution in [3.63, 3.8) is 0 Å². The average molecular weight is 318 g/mol. The monoisotopic (exact) mass is 317 g/mol. The molecule has 0 atom stereocenters. The largest absolute Gasteiger partial charge is 0.486 e. The molecule has 0 aliphatic carbocycles. The van der Waals surface area contributed by atoms with Crippen LogP contribution in [0, 0.1) is 6.92 Å². The highest BCUT2D eigenvalue weighted by molar-refractivity contribution is 6.32. The number of halogens is 1. The highest BCUT2D eigenvalue weighted by Crippen LogP contribution is 2.38. The van der Waals surface area contributed by atoms with Crippen molar-refractivity contribution in [2.75, 3.05) is 19.8 Å². The normalized spacial score (nSPS) is 13.2. The van der Waals surface area contributed by atoms with E-state index in [0.29, 0.717) is 24.0 Å². The van der Waals surface area contributed by atoms with Gasteiger partial charge in [0.15, 0.2) is 11.5 Å². The van der Waals surface area contributed by atoms with Gasteiger partial charge in [0.25, 0.3) is 0 Å². The number of aryl methyl sites for hydroxylation is 1. The van der Waals surface area contributed by atoms with E-state index in [9.17, 15) is 0 Å². The molecule has 1 heterocycles. The molecule has 116 valence electrons. The summed E-state index contributed by atoms with van der Waals surface area (Å²) in [5.74, 6) is 1.41. The molecule has 2 aromatic rings. The summed E-state index contributed by atoms with van der Waals surface area (Å²) in [5.41, 5.74) is 3.83. The summed E-state index contributed by atoms with van der Waals surface area (Å²) in [6.45, 7) is 4.98. The molecule has 1 aliphatic heterocycles. The van der Waals surface area contributed by atoms with Gasteiger partial charge in [-0.2, -0.15) is 0 Å². The Morgan fingerprint density at radius 1 is 1.14 bits per heavy atom. The van der Waals surface area contributed by atoms with Gasteiger partial charge in [-0.05, 0) is 48.7 Å². The minimum absolute atomic E-state index is 0.556. The first-order valence-corrected chi connectivity index (χ1v) is 7.95. The summed E-state index contributed by atoms with van der Waals surface area (Å²) >= 11 is 6.24. The van der Waals surface area contributed by atoms with Crippen LogP contribution in [0.5, 0.6) is 11.5 Å². The molecule has 0 spiro atoms. The van der Waals surface area contributed by atoms with Gasteiger partial charge in [-0.3, -0.25) is 0 Å². The Kier molecular flexibility index (Phi) is 4.86. The zero-order valence-corrected chi connectivity index (χ0v) is 13.5. The third-order valence-corrected chi connectivity index (χ3v) is 4.10. The molecule has 0 saturated carbocycles. The molecule has 0 saturated heterocycles. The molecule has 0 fully saturated rings. The van der Waals surface area contributed by atoms with Crippen molar-refractivity contribution in [1.82, 2.24) is 5.32 Å². The van der Waals surface area contributed by atoms with Crippen molar-refractivity contribution >= 4 is 11.6 Å². The maximum Gasteiger partial charge on any atom is 0.179 e. The quantitative estimate of drug-likeness (QED) is 0.852. The van der Waals surface area contributed by atoms with Crippen LogP contribution in [-0.2, 0) is 13.0 Å². The van der Waals surface area contributed by atoms with Crippen LogP contribution in [0.2, 0.25) is 5.02 Å². The van der Waals surface area contributed by atoms with Gasteiger partial charge in [0, 0.05) is 6.54 Å². The highest BCUT2D eigenvalue weighted by atomic mass is 35.5. The predicted molar refractivity (Wildman–Crippen MR) is 89.0 cm³/mol. The molecule has 0 radical (unpaired) electrons. The molecule has 3 nitrogen and oxygen atoms in total. The van der Waals surface area contributed by atoms with Gasteiger partial charge in [-0.1, -0.05) is 35.9 Å². The van der Waals surface area contributed by atoms with Crippen molar-refractivity contribution in [3.05, 3.63) is 58.1 Å². The number of rotatable bonds is 5. The fourth-order valence-electron chi connectivity index (χ4n) is 2.61. The van der Waals surface area contributed by atoms with Crippen LogP contribution < -0.4 is 14.8 Å². The molecule has 0 unspecified atom stereocenters. The Morgan fingerprint density at radius 2 is 1.95 bits per heavy atom. The maximum absolute atomic E-state index is 6.24. The van der Waals surface area contributed by atoms with Crippen LogP contribution >= 0.6 is 11.6 Å². The van der Waals surface area contributed by atoms with E-state index >= 15 is 0 Å². The Bertz CT molecular complexity index is 658. The Hall–Kier alpha value is -1.71. The second kappa shape index (κ2) is 7.03. The zero-order chi connectivity index (χ0) is 15.4. The number of nitrogens with one attached hydrogen (secondary N) is 1. The van der Waals surface area contributed by atoms with Crippen molar-refractivity contribution in [2.24, 2.45) is 0 Å². The smallest absolute Gasteiger partial charge is 0.179 e. The van der Waals surface area contributed by atoms with Crippen LogP contribution in [0.3, 0.4) is 0 Å². The lowest BCUT2D eigenvalue weighted by Crippen LogP contribution is -2.19. The number of hydrogen-bond donors (Lipinski definition) is 1. The van der Waals surface area contributed by atoms with Crippen LogP contribution in [0.1, 0.15) is 16.7 Å². The maximum atomic E-state index is 6.24. The third-order valence-electron chi connectivity index (χ3n) is 3.82. The summed E-state index contributed by atoms with van der Waals surface area (Å²) in [5, 5.41) is 4.07. The number of benzene rings is 2. The topological polar surface area (TPSA) is 30.5 Å². The zero-order valence-electron chi connectivity index (χ0n) is 12.7. The van der Waals surface area contributed by atoms with E-state index in [1.165, 1.54) is 11.1 Å². The predicted octanol–water partition coefficient (Wildman–Crippen LogP) is 3.75. The van der Waals surface area contributed by atoms with E-state index in [-0.39, 0.29) is 0 Å². The van der Waals surface area contributed by atoms with Crippen LogP contribution in [0.15, 0.2) is 36.4 Å². The fraction of sp³-hybridized carbons (Fsp3) is 0.333. The molecule has 1 aliphatic rings. The molecule has 0 bridgehead atoms. The van der Waals surface area contributed by atoms with Crippen LogP contribution in [0.4, 0.5) is 0 Å². The van der Waals surface area contributed by atoms with Crippen molar-refractivity contribution in [2.45, 2.75) is 19.9 Å². The van der Waals surface area contributed by atoms with E-state index in [0.717, 1.165) is 30.8 Å². The minimum atomic E-state index is 0.556. The molecule has 22 heavy (non-hydrogen) atoms. The Balaban J connectivity index is 1.56. The lowest BCUT2D eigenvalue weighted by atomic mass is 10.1. The lowest BCUT2D eigenvalue weighted by Gasteiger charge is -2.20. The Morgan fingerprint density at radius 3 is 2.82 bits per heavy atom. The van der Waals surface area contributed by atoms with Gasteiger partial charge in [-0.25, -0.2) is 0 Å². The van der Waals surface area contributed by atoms with E-state index in [1.807, 2.05) is 12.1 Å². The molecule has 2 aromatic carbocycles. The van der Waals surface area contributed by atoms with Crippen molar-refractivity contribution < 1.29 is 9.47 Å². The van der Waals surface area contributed by atoms with Gasteiger partial charge in [0.1, 0.15) is 13.2 Å². The standard InChI is InChI=1S/C18H20ClNO2/c1-13-4-2-3-5-15(13)6-7-20-12-14-10-16(19)18-17(11-14)21-8-9-22-18/h2-5,10-11,20H,6-9,12H2,1H3. The highest BCUT2D eigenvalue weighted by Gasteiger charge is 2.16. The number of fused-ring (bicyclic) bond motifs is 1. The number of ether oxygens (including phenoxy) is 2. The summed E-state index contributed by atoms with van der Waals surface area (Å²) in [6.07, 6.45) is 1.02. The first-order valence-electron chi connectivity index (χ1n) is 7.57. The van der Waals surface area contributed by atoms with Crippen LogP contribution in [0.25, 0.3) is 0 Å². The van der Waals surface area contributed by atoms with Gasteiger partial charge in [0.05, 0.1) is 5.02 Å². The third kappa shape index (κ3) is 3.54. The van der Waals surface area contributed by atoms with Gasteiger partial charge in [-0.15, -0.1) is 0 Å². The molecule has 0 amide bonds. The second-order valence-electron chi connectivity index (χ2n) is 5.46. The first kappa shape index (κ1) is 15.2. The van der Waals surface area contributed by atoms with E-state index in [1.54, 1.807) is 0 Å². The summed E-state index contributed by atoms with van der Waals surface area (Å²) < 4.78 is 11.1. The van der Waals surface area contributed by atoms with E-state index in [4.69, 9.17) is 21.1 Å². The van der Waals surface area contributed by atoms with Gasteiger partial charge >= 0.3 is 0 Å². The Labute approximate surface area is 136 Å². The average Bonchev–Trinajstić information content (AvgIpc) is 2.53. The van der Waals surface area contributed by atoms with Crippen molar-refractivity contribution in [3.8, 4) is 11.5 Å². The summed E-state index contributed by atoms with van der Waals surface area (Å²) in [4.78, 5) is 0. The van der Waals surface area contributed by atoms with Gasteiger partial charge in [0.2, 0.25) is 0 Å². The second-order valence-corrected chi connectivity index (χ2v) is 5.86. The fourth-order valence-corrected chi connectivity index (χ4v) is 2.90. The first-order chi connectivity index (χ1) is 10.7. The SMILES string of the molecule is Cc1ccccc1CCNCc1cc(Cl)c2c(c1)OCCO2. The molecule has 3 rings (SSSR count). The van der Waals surface area contributed by atoms with E-state index in [2.05, 4.69) is 36.5 Å².